The smallest absolute Gasteiger partial charge is 0.241 e. The first-order valence-corrected chi connectivity index (χ1v) is 7.91. The van der Waals surface area contributed by atoms with Crippen molar-refractivity contribution in [1.82, 2.24) is 10.2 Å². The Morgan fingerprint density at radius 2 is 1.90 bits per heavy atom. The van der Waals surface area contributed by atoms with E-state index in [4.69, 9.17) is 4.74 Å². The lowest BCUT2D eigenvalue weighted by molar-refractivity contribution is -0.130. The Kier molecular flexibility index (Phi) is 5.62. The van der Waals surface area contributed by atoms with Crippen LogP contribution in [0.2, 0.25) is 0 Å². The molecular formula is C17H26N2O2. The van der Waals surface area contributed by atoms with Crippen molar-refractivity contribution in [1.29, 1.82) is 0 Å². The van der Waals surface area contributed by atoms with E-state index in [0.29, 0.717) is 0 Å². The molecule has 1 fully saturated rings. The highest BCUT2D eigenvalue weighted by Gasteiger charge is 2.37. The molecule has 21 heavy (non-hydrogen) atoms. The standard InChI is InChI=1S/C17H26N2O2/c1-4-6-7-12-19-16(18-15(5-2)17(19)20)13-8-10-14(21-3)11-9-13/h8-11,15-16,18H,4-7,12H2,1-3H3. The van der Waals surface area contributed by atoms with E-state index in [-0.39, 0.29) is 18.1 Å². The van der Waals surface area contributed by atoms with Gasteiger partial charge in [0.1, 0.15) is 11.9 Å². The second-order valence-corrected chi connectivity index (χ2v) is 5.54. The zero-order valence-electron chi connectivity index (χ0n) is 13.3. The molecule has 2 rings (SSSR count). The van der Waals surface area contributed by atoms with Gasteiger partial charge in [-0.1, -0.05) is 38.8 Å². The zero-order valence-corrected chi connectivity index (χ0v) is 13.3. The first kappa shape index (κ1) is 15.8. The molecule has 0 bridgehead atoms. The summed E-state index contributed by atoms with van der Waals surface area (Å²) in [5, 5.41) is 3.46. The third-order valence-electron chi connectivity index (χ3n) is 4.09. The van der Waals surface area contributed by atoms with Gasteiger partial charge in [-0.2, -0.15) is 0 Å². The molecule has 1 saturated heterocycles. The quantitative estimate of drug-likeness (QED) is 0.785. The number of hydrogen-bond acceptors (Lipinski definition) is 3. The number of unbranched alkanes of at least 4 members (excludes halogenated alkanes) is 2. The number of nitrogens with zero attached hydrogens (tertiary/aromatic N) is 1. The highest BCUT2D eigenvalue weighted by atomic mass is 16.5. The van der Waals surface area contributed by atoms with E-state index in [1.165, 1.54) is 6.42 Å². The Bertz CT molecular complexity index is 458. The highest BCUT2D eigenvalue weighted by molar-refractivity contribution is 5.84. The lowest BCUT2D eigenvalue weighted by Gasteiger charge is -2.24. The second-order valence-electron chi connectivity index (χ2n) is 5.54. The van der Waals surface area contributed by atoms with E-state index >= 15 is 0 Å². The van der Waals surface area contributed by atoms with Crippen LogP contribution in [0.25, 0.3) is 0 Å². The highest BCUT2D eigenvalue weighted by Crippen LogP contribution is 2.28. The van der Waals surface area contributed by atoms with E-state index in [9.17, 15) is 4.79 Å². The Hall–Kier alpha value is -1.55. The molecule has 1 aliphatic heterocycles. The molecule has 1 aromatic carbocycles. The van der Waals surface area contributed by atoms with Crippen LogP contribution in [-0.2, 0) is 4.79 Å². The Morgan fingerprint density at radius 3 is 2.48 bits per heavy atom. The van der Waals surface area contributed by atoms with E-state index < -0.39 is 0 Å². The van der Waals surface area contributed by atoms with Gasteiger partial charge in [-0.25, -0.2) is 0 Å². The molecule has 1 N–H and O–H groups in total. The molecule has 1 aliphatic rings. The van der Waals surface area contributed by atoms with Gasteiger partial charge in [0, 0.05) is 6.54 Å². The van der Waals surface area contributed by atoms with Crippen molar-refractivity contribution >= 4 is 5.91 Å². The van der Waals surface area contributed by atoms with Crippen molar-refractivity contribution in [2.75, 3.05) is 13.7 Å². The van der Waals surface area contributed by atoms with Gasteiger partial charge in [-0.05, 0) is 30.5 Å². The fourth-order valence-electron chi connectivity index (χ4n) is 2.81. The average molecular weight is 290 g/mol. The first-order chi connectivity index (χ1) is 10.2. The molecule has 1 amide bonds. The molecule has 0 radical (unpaired) electrons. The predicted molar refractivity (Wildman–Crippen MR) is 84.2 cm³/mol. The van der Waals surface area contributed by atoms with Gasteiger partial charge >= 0.3 is 0 Å². The molecule has 4 nitrogen and oxygen atoms in total. The minimum Gasteiger partial charge on any atom is -0.497 e. The summed E-state index contributed by atoms with van der Waals surface area (Å²) < 4.78 is 5.20. The number of nitrogens with one attached hydrogen (secondary N) is 1. The Balaban J connectivity index is 2.14. The van der Waals surface area contributed by atoms with Crippen LogP contribution in [0.5, 0.6) is 5.75 Å². The number of rotatable bonds is 7. The molecule has 0 spiro atoms. The molecule has 0 aromatic heterocycles. The number of amides is 1. The zero-order chi connectivity index (χ0) is 15.2. The molecule has 1 heterocycles. The lowest BCUT2D eigenvalue weighted by atomic mass is 10.1. The number of carbonyl (C=O) groups is 1. The maximum atomic E-state index is 12.5. The van der Waals surface area contributed by atoms with Gasteiger partial charge in [0.05, 0.1) is 13.2 Å². The molecule has 2 atom stereocenters. The fraction of sp³-hybridized carbons (Fsp3) is 0.588. The molecule has 4 heteroatoms. The number of benzene rings is 1. The predicted octanol–water partition coefficient (Wildman–Crippen LogP) is 3.09. The molecule has 116 valence electrons. The maximum absolute atomic E-state index is 12.5. The van der Waals surface area contributed by atoms with Crippen LogP contribution < -0.4 is 10.1 Å². The maximum Gasteiger partial charge on any atom is 0.241 e. The normalized spacial score (nSPS) is 21.9. The van der Waals surface area contributed by atoms with E-state index in [2.05, 4.69) is 19.2 Å². The Labute approximate surface area is 127 Å². The third kappa shape index (κ3) is 3.56. The summed E-state index contributed by atoms with van der Waals surface area (Å²) >= 11 is 0. The minimum absolute atomic E-state index is 0.00906. The van der Waals surface area contributed by atoms with Gasteiger partial charge < -0.3 is 9.64 Å². The topological polar surface area (TPSA) is 41.6 Å². The SMILES string of the molecule is CCCCCN1C(=O)C(CC)NC1c1ccc(OC)cc1. The Morgan fingerprint density at radius 1 is 1.19 bits per heavy atom. The fourth-order valence-corrected chi connectivity index (χ4v) is 2.81. The lowest BCUT2D eigenvalue weighted by Crippen LogP contribution is -2.31. The van der Waals surface area contributed by atoms with Crippen LogP contribution in [0.3, 0.4) is 0 Å². The summed E-state index contributed by atoms with van der Waals surface area (Å²) in [6, 6.07) is 7.91. The van der Waals surface area contributed by atoms with Gasteiger partial charge in [-0.15, -0.1) is 0 Å². The van der Waals surface area contributed by atoms with Crippen LogP contribution in [0.15, 0.2) is 24.3 Å². The monoisotopic (exact) mass is 290 g/mol. The summed E-state index contributed by atoms with van der Waals surface area (Å²) in [6.45, 7) is 5.06. The van der Waals surface area contributed by atoms with Crippen molar-refractivity contribution < 1.29 is 9.53 Å². The summed E-state index contributed by atoms with van der Waals surface area (Å²) in [7, 11) is 1.66. The van der Waals surface area contributed by atoms with Crippen molar-refractivity contribution in [2.45, 2.75) is 51.7 Å². The van der Waals surface area contributed by atoms with E-state index in [1.807, 2.05) is 29.2 Å². The summed E-state index contributed by atoms with van der Waals surface area (Å²) in [4.78, 5) is 14.5. The van der Waals surface area contributed by atoms with E-state index in [0.717, 1.165) is 37.1 Å². The second kappa shape index (κ2) is 7.46. The number of hydrogen-bond donors (Lipinski definition) is 1. The molecule has 2 unspecified atom stereocenters. The van der Waals surface area contributed by atoms with Crippen LogP contribution in [0.1, 0.15) is 51.3 Å². The van der Waals surface area contributed by atoms with Crippen LogP contribution in [0.4, 0.5) is 0 Å². The van der Waals surface area contributed by atoms with Crippen molar-refractivity contribution in [3.63, 3.8) is 0 Å². The molecule has 1 aromatic rings. The number of carbonyl (C=O) groups excluding carboxylic acids is 1. The van der Waals surface area contributed by atoms with Crippen molar-refractivity contribution in [3.05, 3.63) is 29.8 Å². The first-order valence-electron chi connectivity index (χ1n) is 7.91. The minimum atomic E-state index is -0.0567. The molecular weight excluding hydrogens is 264 g/mol. The number of ether oxygens (including phenoxy) is 1. The molecule has 0 aliphatic carbocycles. The summed E-state index contributed by atoms with van der Waals surface area (Å²) in [5.41, 5.74) is 1.12. The molecule has 0 saturated carbocycles. The largest absolute Gasteiger partial charge is 0.497 e. The van der Waals surface area contributed by atoms with Gasteiger partial charge in [0.2, 0.25) is 5.91 Å². The van der Waals surface area contributed by atoms with Gasteiger partial charge in [-0.3, -0.25) is 10.1 Å². The average Bonchev–Trinajstić information content (AvgIpc) is 2.84. The third-order valence-corrected chi connectivity index (χ3v) is 4.09. The van der Waals surface area contributed by atoms with Crippen LogP contribution in [0, 0.1) is 0 Å². The number of methoxy groups -OCH3 is 1. The van der Waals surface area contributed by atoms with E-state index in [1.54, 1.807) is 7.11 Å². The van der Waals surface area contributed by atoms with Crippen molar-refractivity contribution in [3.8, 4) is 5.75 Å². The van der Waals surface area contributed by atoms with Crippen LogP contribution >= 0.6 is 0 Å². The van der Waals surface area contributed by atoms with Gasteiger partial charge in [0.15, 0.2) is 0 Å². The summed E-state index contributed by atoms with van der Waals surface area (Å²) in [6.07, 6.45) is 4.21. The van der Waals surface area contributed by atoms with Gasteiger partial charge in [0.25, 0.3) is 0 Å². The van der Waals surface area contributed by atoms with Crippen molar-refractivity contribution in [2.24, 2.45) is 0 Å². The summed E-state index contributed by atoms with van der Waals surface area (Å²) in [5.74, 6) is 1.07. The van der Waals surface area contributed by atoms with Crippen LogP contribution in [-0.4, -0.2) is 30.5 Å².